The molecule has 6 nitrogen and oxygen atoms in total. The highest BCUT2D eigenvalue weighted by molar-refractivity contribution is 7.10. The summed E-state index contributed by atoms with van der Waals surface area (Å²) in [4.78, 5) is 30.7. The molecule has 1 N–H and O–H groups in total. The first-order valence-corrected chi connectivity index (χ1v) is 9.73. The number of aromatic hydroxyl groups is 1. The Kier molecular flexibility index (Phi) is 5.24. The molecule has 0 aliphatic rings. The number of Topliss-reactive ketones (excluding diaryl/α,β-unsaturated/α-hetero) is 1. The number of hydrogen-bond acceptors (Lipinski definition) is 6. The van der Waals surface area contributed by atoms with Gasteiger partial charge in [0.2, 0.25) is 5.82 Å². The van der Waals surface area contributed by atoms with Crippen molar-refractivity contribution in [3.05, 3.63) is 80.2 Å². The normalized spacial score (nSPS) is 11.1. The van der Waals surface area contributed by atoms with Gasteiger partial charge >= 0.3 is 0 Å². The summed E-state index contributed by atoms with van der Waals surface area (Å²) in [6, 6.07) is 6.67. The number of ketones is 1. The third kappa shape index (κ3) is 3.34. The molecule has 158 valence electrons. The van der Waals surface area contributed by atoms with Gasteiger partial charge in [0.25, 0.3) is 5.56 Å². The van der Waals surface area contributed by atoms with Crippen LogP contribution in [0.25, 0.3) is 16.7 Å². The second kappa shape index (κ2) is 7.88. The summed E-state index contributed by atoms with van der Waals surface area (Å²) in [5, 5.41) is 12.3. The van der Waals surface area contributed by atoms with E-state index in [4.69, 9.17) is 0 Å². The Morgan fingerprint density at radius 2 is 2.00 bits per heavy atom. The number of rotatable bonds is 5. The summed E-state index contributed by atoms with van der Waals surface area (Å²) in [5.74, 6) is -6.78. The van der Waals surface area contributed by atoms with Gasteiger partial charge in [-0.15, -0.1) is 11.3 Å². The van der Waals surface area contributed by atoms with Crippen LogP contribution < -0.4 is 10.3 Å². The van der Waals surface area contributed by atoms with Gasteiger partial charge in [-0.1, -0.05) is 6.07 Å². The zero-order valence-electron chi connectivity index (χ0n) is 15.9. The third-order valence-corrected chi connectivity index (χ3v) is 5.52. The van der Waals surface area contributed by atoms with Crippen molar-refractivity contribution in [2.24, 2.45) is 0 Å². The van der Waals surface area contributed by atoms with Crippen LogP contribution in [0.5, 0.6) is 11.5 Å². The molecule has 0 amide bonds. The predicted molar refractivity (Wildman–Crippen MR) is 108 cm³/mol. The zero-order valence-corrected chi connectivity index (χ0v) is 16.7. The Labute approximate surface area is 176 Å². The lowest BCUT2D eigenvalue weighted by Gasteiger charge is -2.16. The fourth-order valence-corrected chi connectivity index (χ4v) is 3.95. The number of carbonyl (C=O) groups excluding carboxylic acids is 1. The quantitative estimate of drug-likeness (QED) is 0.370. The molecule has 31 heavy (non-hydrogen) atoms. The third-order valence-electron chi connectivity index (χ3n) is 4.64. The summed E-state index contributed by atoms with van der Waals surface area (Å²) < 4.78 is 48.3. The van der Waals surface area contributed by atoms with Gasteiger partial charge in [-0.2, -0.15) is 4.39 Å². The molecule has 0 spiro atoms. The number of nitrogens with zero attached hydrogens (tertiary/aromatic N) is 2. The van der Waals surface area contributed by atoms with E-state index in [-0.39, 0.29) is 17.5 Å². The number of pyridine rings is 2. The van der Waals surface area contributed by atoms with E-state index >= 15 is 0 Å². The molecule has 3 aromatic heterocycles. The zero-order chi connectivity index (χ0) is 22.3. The maximum absolute atomic E-state index is 15.0. The van der Waals surface area contributed by atoms with Gasteiger partial charge in [0.05, 0.1) is 18.2 Å². The van der Waals surface area contributed by atoms with Crippen molar-refractivity contribution < 1.29 is 27.8 Å². The van der Waals surface area contributed by atoms with Crippen molar-refractivity contribution in [1.82, 2.24) is 9.55 Å². The van der Waals surface area contributed by atoms with E-state index in [0.717, 1.165) is 7.11 Å². The number of ether oxygens (including phenoxy) is 1. The van der Waals surface area contributed by atoms with Crippen molar-refractivity contribution in [1.29, 1.82) is 0 Å². The lowest BCUT2D eigenvalue weighted by atomic mass is 10.1. The maximum atomic E-state index is 15.0. The van der Waals surface area contributed by atoms with E-state index in [1.807, 2.05) is 0 Å². The Morgan fingerprint density at radius 1 is 1.23 bits per heavy atom. The molecule has 1 aromatic carbocycles. The van der Waals surface area contributed by atoms with E-state index in [0.29, 0.717) is 15.5 Å². The van der Waals surface area contributed by atoms with Gasteiger partial charge in [0.1, 0.15) is 11.3 Å². The van der Waals surface area contributed by atoms with E-state index in [1.165, 1.54) is 29.7 Å². The summed E-state index contributed by atoms with van der Waals surface area (Å²) in [5.41, 5.74) is -2.70. The average Bonchev–Trinajstić information content (AvgIpc) is 3.25. The minimum absolute atomic E-state index is 0.0419. The molecule has 10 heteroatoms. The monoisotopic (exact) mass is 446 g/mol. The number of thiophene rings is 1. The molecule has 0 aliphatic heterocycles. The van der Waals surface area contributed by atoms with Crippen LogP contribution in [-0.4, -0.2) is 27.6 Å². The molecule has 3 heterocycles. The summed E-state index contributed by atoms with van der Waals surface area (Å²) in [7, 11) is 0.941. The van der Waals surface area contributed by atoms with E-state index in [2.05, 4.69) is 9.72 Å². The van der Waals surface area contributed by atoms with Crippen molar-refractivity contribution >= 4 is 28.2 Å². The topological polar surface area (TPSA) is 81.4 Å². The lowest BCUT2D eigenvalue weighted by Crippen LogP contribution is -2.28. The summed E-state index contributed by atoms with van der Waals surface area (Å²) >= 11 is 1.28. The van der Waals surface area contributed by atoms with E-state index < -0.39 is 51.5 Å². The molecule has 0 bridgehead atoms. The van der Waals surface area contributed by atoms with Crippen LogP contribution in [0.1, 0.15) is 15.2 Å². The highest BCUT2D eigenvalue weighted by atomic mass is 32.1. The number of halogens is 3. The number of aromatic nitrogens is 2. The van der Waals surface area contributed by atoms with Crippen molar-refractivity contribution in [2.75, 3.05) is 7.11 Å². The largest absolute Gasteiger partial charge is 0.506 e. The van der Waals surface area contributed by atoms with Crippen molar-refractivity contribution in [3.8, 4) is 17.2 Å². The number of hydrogen-bond donors (Lipinski definition) is 1. The first kappa shape index (κ1) is 20.6. The Bertz CT molecular complexity index is 1380. The Balaban J connectivity index is 2.06. The Hall–Kier alpha value is -3.66. The summed E-state index contributed by atoms with van der Waals surface area (Å²) in [6.45, 7) is 0. The highest BCUT2D eigenvalue weighted by Gasteiger charge is 2.28. The molecule has 0 atom stereocenters. The number of benzene rings is 1. The van der Waals surface area contributed by atoms with Gasteiger partial charge in [0.15, 0.2) is 28.8 Å². The molecule has 0 radical (unpaired) electrons. The Morgan fingerprint density at radius 3 is 2.68 bits per heavy atom. The number of carbonyl (C=O) groups is 1. The number of fused-ring (bicyclic) bond motifs is 1. The molecule has 4 aromatic rings. The molecular formula is C21H13F3N2O4S. The molecule has 0 saturated carbocycles. The van der Waals surface area contributed by atoms with Crippen LogP contribution in [0.2, 0.25) is 0 Å². The predicted octanol–water partition coefficient (Wildman–Crippen LogP) is 4.00. The van der Waals surface area contributed by atoms with Crippen LogP contribution >= 0.6 is 11.3 Å². The van der Waals surface area contributed by atoms with E-state index in [9.17, 15) is 27.9 Å². The number of methoxy groups -OCH3 is 1. The fraction of sp³-hybridized carbons (Fsp3) is 0.0952. The van der Waals surface area contributed by atoms with Gasteiger partial charge in [0, 0.05) is 23.6 Å². The molecule has 4 rings (SSSR count). The molecule has 0 saturated heterocycles. The van der Waals surface area contributed by atoms with E-state index in [1.54, 1.807) is 17.5 Å². The standard InChI is InChI=1S/C21H13F3N2O4S/c1-30-19-16(23)12(22)9-13(17(19)24)26-20-11(5-2-6-25-20)18(28)15(21(26)29)14(27)8-10-4-3-7-31-10/h2-7,9,28H,8H2,1H3. The minimum Gasteiger partial charge on any atom is -0.506 e. The summed E-state index contributed by atoms with van der Waals surface area (Å²) in [6.07, 6.45) is 1.08. The molecular weight excluding hydrogens is 433 g/mol. The van der Waals surface area contributed by atoms with Crippen molar-refractivity contribution in [2.45, 2.75) is 6.42 Å². The molecule has 0 unspecified atom stereocenters. The van der Waals surface area contributed by atoms with Crippen LogP contribution in [0.4, 0.5) is 13.2 Å². The second-order valence-corrected chi connectivity index (χ2v) is 7.49. The van der Waals surface area contributed by atoms with Gasteiger partial charge in [-0.3, -0.25) is 14.2 Å². The second-order valence-electron chi connectivity index (χ2n) is 6.46. The molecule has 0 aliphatic carbocycles. The van der Waals surface area contributed by atoms with Crippen LogP contribution in [-0.2, 0) is 6.42 Å². The molecule has 0 fully saturated rings. The SMILES string of the molecule is COc1c(F)c(F)cc(-n2c(=O)c(C(=O)Cc3cccs3)c(O)c3cccnc32)c1F. The fourth-order valence-electron chi connectivity index (χ4n) is 3.25. The first-order valence-electron chi connectivity index (χ1n) is 8.85. The van der Waals surface area contributed by atoms with Crippen LogP contribution in [0, 0.1) is 17.5 Å². The first-order chi connectivity index (χ1) is 14.8. The average molecular weight is 446 g/mol. The van der Waals surface area contributed by atoms with Gasteiger partial charge in [-0.25, -0.2) is 13.8 Å². The van der Waals surface area contributed by atoms with Gasteiger partial charge < -0.3 is 9.84 Å². The maximum Gasteiger partial charge on any atom is 0.271 e. The van der Waals surface area contributed by atoms with Crippen LogP contribution in [0.3, 0.4) is 0 Å². The van der Waals surface area contributed by atoms with Crippen LogP contribution in [0.15, 0.2) is 46.7 Å². The minimum atomic E-state index is -1.57. The van der Waals surface area contributed by atoms with Gasteiger partial charge in [-0.05, 0) is 23.6 Å². The lowest BCUT2D eigenvalue weighted by molar-refractivity contribution is 0.0989. The highest BCUT2D eigenvalue weighted by Crippen LogP contribution is 2.32. The van der Waals surface area contributed by atoms with Crippen molar-refractivity contribution in [3.63, 3.8) is 0 Å². The smallest absolute Gasteiger partial charge is 0.271 e.